The fraction of sp³-hybridized carbons (Fsp3) is 0.381. The molecule has 1 aliphatic carbocycles. The zero-order chi connectivity index (χ0) is 16.4. The average Bonchev–Trinajstić information content (AvgIpc) is 3.31. The van der Waals surface area contributed by atoms with Crippen molar-refractivity contribution in [1.29, 1.82) is 0 Å². The van der Waals surface area contributed by atoms with E-state index in [0.29, 0.717) is 0 Å². The van der Waals surface area contributed by atoms with Crippen LogP contribution in [0.4, 0.5) is 5.69 Å². The summed E-state index contributed by atoms with van der Waals surface area (Å²) in [6.07, 6.45) is 4.17. The lowest BCUT2D eigenvalue weighted by Crippen LogP contribution is -2.31. The van der Waals surface area contributed by atoms with Gasteiger partial charge in [-0.25, -0.2) is 0 Å². The van der Waals surface area contributed by atoms with Crippen molar-refractivity contribution < 1.29 is 4.79 Å². The average molecular weight is 320 g/mol. The van der Waals surface area contributed by atoms with E-state index < -0.39 is 0 Å². The molecule has 4 rings (SSSR count). The van der Waals surface area contributed by atoms with Crippen molar-refractivity contribution in [2.45, 2.75) is 25.7 Å². The molecule has 2 aliphatic rings. The molecule has 0 aromatic heterocycles. The lowest BCUT2D eigenvalue weighted by molar-refractivity contribution is -0.118. The first kappa shape index (κ1) is 15.4. The van der Waals surface area contributed by atoms with Gasteiger partial charge >= 0.3 is 0 Å². The summed E-state index contributed by atoms with van der Waals surface area (Å²) in [5.74, 6) is 0.404. The summed E-state index contributed by atoms with van der Waals surface area (Å²) in [6, 6.07) is 18.6. The molecule has 2 fully saturated rings. The largest absolute Gasteiger partial charge is 0.326 e. The van der Waals surface area contributed by atoms with Crippen molar-refractivity contribution >= 4 is 11.6 Å². The Morgan fingerprint density at radius 1 is 1.04 bits per heavy atom. The molecule has 1 heterocycles. The van der Waals surface area contributed by atoms with E-state index in [1.165, 1.54) is 11.1 Å². The van der Waals surface area contributed by atoms with Crippen LogP contribution in [0.1, 0.15) is 30.4 Å². The Labute approximate surface area is 143 Å². The fourth-order valence-corrected chi connectivity index (χ4v) is 4.03. The predicted octanol–water partition coefficient (Wildman–Crippen LogP) is 3.61. The van der Waals surface area contributed by atoms with Crippen LogP contribution in [0.5, 0.6) is 0 Å². The molecule has 1 spiro atoms. The number of anilines is 1. The smallest absolute Gasteiger partial charge is 0.228 e. The number of hydrogen-bond donors (Lipinski definition) is 2. The van der Waals surface area contributed by atoms with Crippen LogP contribution in [0.3, 0.4) is 0 Å². The lowest BCUT2D eigenvalue weighted by Gasteiger charge is -2.23. The fourth-order valence-electron chi connectivity index (χ4n) is 4.03. The van der Waals surface area contributed by atoms with Crippen molar-refractivity contribution in [3.05, 3.63) is 65.7 Å². The second kappa shape index (κ2) is 6.40. The van der Waals surface area contributed by atoms with E-state index in [2.05, 4.69) is 41.0 Å². The SMILES string of the molecule is O=C(Nc1ccccc1Cc1ccccc1)C1CC12CCNCC2. The summed E-state index contributed by atoms with van der Waals surface area (Å²) < 4.78 is 0. The van der Waals surface area contributed by atoms with Crippen molar-refractivity contribution in [3.8, 4) is 0 Å². The van der Waals surface area contributed by atoms with Crippen LogP contribution < -0.4 is 10.6 Å². The Hall–Kier alpha value is -2.13. The van der Waals surface area contributed by atoms with Gasteiger partial charge in [0.25, 0.3) is 0 Å². The molecule has 2 N–H and O–H groups in total. The Balaban J connectivity index is 1.46. The van der Waals surface area contributed by atoms with Gasteiger partial charge in [0.05, 0.1) is 0 Å². The van der Waals surface area contributed by atoms with Crippen LogP contribution in [0.25, 0.3) is 0 Å². The first-order valence-electron chi connectivity index (χ1n) is 8.90. The van der Waals surface area contributed by atoms with Gasteiger partial charge in [0, 0.05) is 11.6 Å². The molecule has 24 heavy (non-hydrogen) atoms. The van der Waals surface area contributed by atoms with Gasteiger partial charge in [-0.15, -0.1) is 0 Å². The van der Waals surface area contributed by atoms with Crippen LogP contribution in [-0.2, 0) is 11.2 Å². The van der Waals surface area contributed by atoms with Crippen LogP contribution in [0, 0.1) is 11.3 Å². The number of benzene rings is 2. The molecule has 3 heteroatoms. The molecular weight excluding hydrogens is 296 g/mol. The molecule has 0 bridgehead atoms. The Morgan fingerprint density at radius 3 is 2.54 bits per heavy atom. The molecule has 1 saturated heterocycles. The van der Waals surface area contributed by atoms with E-state index in [1.54, 1.807) is 0 Å². The van der Waals surface area contributed by atoms with Crippen LogP contribution in [-0.4, -0.2) is 19.0 Å². The molecule has 1 unspecified atom stereocenters. The van der Waals surface area contributed by atoms with Gasteiger partial charge in [-0.3, -0.25) is 4.79 Å². The third kappa shape index (κ3) is 3.09. The topological polar surface area (TPSA) is 41.1 Å². The Bertz CT molecular complexity index is 720. The van der Waals surface area contributed by atoms with Crippen molar-refractivity contribution in [3.63, 3.8) is 0 Å². The van der Waals surface area contributed by atoms with Gasteiger partial charge in [-0.1, -0.05) is 48.5 Å². The maximum atomic E-state index is 12.7. The summed E-state index contributed by atoms with van der Waals surface area (Å²) >= 11 is 0. The third-order valence-corrected chi connectivity index (χ3v) is 5.62. The Morgan fingerprint density at radius 2 is 1.75 bits per heavy atom. The third-order valence-electron chi connectivity index (χ3n) is 5.62. The minimum absolute atomic E-state index is 0.199. The standard InChI is InChI=1S/C21H24N2O/c24-20(18-15-21(18)10-12-22-13-11-21)23-19-9-5-4-8-17(19)14-16-6-2-1-3-7-16/h1-9,18,22H,10-15H2,(H,23,24). The van der Waals surface area contributed by atoms with E-state index in [0.717, 1.165) is 44.5 Å². The quantitative estimate of drug-likeness (QED) is 0.903. The number of carbonyl (C=O) groups is 1. The minimum Gasteiger partial charge on any atom is -0.326 e. The first-order valence-corrected chi connectivity index (χ1v) is 8.90. The maximum Gasteiger partial charge on any atom is 0.228 e. The Kier molecular flexibility index (Phi) is 4.11. The van der Waals surface area contributed by atoms with Gasteiger partial charge in [-0.05, 0) is 61.4 Å². The summed E-state index contributed by atoms with van der Waals surface area (Å²) in [5.41, 5.74) is 3.68. The number of rotatable bonds is 4. The maximum absolute atomic E-state index is 12.7. The number of carbonyl (C=O) groups excluding carboxylic acids is 1. The molecule has 2 aromatic carbocycles. The zero-order valence-corrected chi connectivity index (χ0v) is 13.9. The molecule has 0 radical (unpaired) electrons. The number of piperidine rings is 1. The van der Waals surface area contributed by atoms with Gasteiger partial charge in [0.1, 0.15) is 0 Å². The molecule has 1 amide bonds. The number of amides is 1. The molecule has 1 aliphatic heterocycles. The summed E-state index contributed by atoms with van der Waals surface area (Å²) in [5, 5.41) is 6.60. The van der Waals surface area contributed by atoms with E-state index in [-0.39, 0.29) is 17.2 Å². The monoisotopic (exact) mass is 320 g/mol. The number of hydrogen-bond acceptors (Lipinski definition) is 2. The van der Waals surface area contributed by atoms with Crippen LogP contribution in [0.2, 0.25) is 0 Å². The molecule has 3 nitrogen and oxygen atoms in total. The van der Waals surface area contributed by atoms with E-state index in [1.807, 2.05) is 24.3 Å². The zero-order valence-electron chi connectivity index (χ0n) is 13.9. The number of para-hydroxylation sites is 1. The summed E-state index contributed by atoms with van der Waals surface area (Å²) in [6.45, 7) is 2.10. The molecule has 1 saturated carbocycles. The van der Waals surface area contributed by atoms with Crippen molar-refractivity contribution in [2.75, 3.05) is 18.4 Å². The van der Waals surface area contributed by atoms with Crippen LogP contribution in [0.15, 0.2) is 54.6 Å². The highest BCUT2D eigenvalue weighted by Crippen LogP contribution is 2.58. The highest BCUT2D eigenvalue weighted by Gasteiger charge is 2.57. The summed E-state index contributed by atoms with van der Waals surface area (Å²) in [7, 11) is 0. The molecule has 1 atom stereocenters. The first-order chi connectivity index (χ1) is 11.8. The second-order valence-electron chi connectivity index (χ2n) is 7.18. The molecule has 2 aromatic rings. The van der Waals surface area contributed by atoms with Crippen molar-refractivity contribution in [1.82, 2.24) is 5.32 Å². The number of nitrogens with one attached hydrogen (secondary N) is 2. The lowest BCUT2D eigenvalue weighted by atomic mass is 9.91. The van der Waals surface area contributed by atoms with E-state index in [9.17, 15) is 4.79 Å². The van der Waals surface area contributed by atoms with Gasteiger partial charge < -0.3 is 10.6 Å². The minimum atomic E-state index is 0.199. The van der Waals surface area contributed by atoms with E-state index in [4.69, 9.17) is 0 Å². The second-order valence-corrected chi connectivity index (χ2v) is 7.18. The van der Waals surface area contributed by atoms with Gasteiger partial charge in [0.2, 0.25) is 5.91 Å². The van der Waals surface area contributed by atoms with Crippen molar-refractivity contribution in [2.24, 2.45) is 11.3 Å². The predicted molar refractivity (Wildman–Crippen MR) is 97.0 cm³/mol. The highest BCUT2D eigenvalue weighted by atomic mass is 16.2. The molecule has 124 valence electrons. The highest BCUT2D eigenvalue weighted by molar-refractivity contribution is 5.95. The summed E-state index contributed by atoms with van der Waals surface area (Å²) in [4.78, 5) is 12.7. The normalized spacial score (nSPS) is 21.4. The van der Waals surface area contributed by atoms with Crippen LogP contribution >= 0.6 is 0 Å². The van der Waals surface area contributed by atoms with Gasteiger partial charge in [-0.2, -0.15) is 0 Å². The van der Waals surface area contributed by atoms with E-state index >= 15 is 0 Å². The molecular formula is C21H24N2O. The van der Waals surface area contributed by atoms with Gasteiger partial charge in [0.15, 0.2) is 0 Å².